The SMILES string of the molecule is Cc1cc(OC(F)F)ccc1NC(=O)C(C)n1nc(C)c(Cl)c1C. The zero-order valence-electron chi connectivity index (χ0n) is 13.7. The molecule has 2 aromatic rings. The maximum absolute atomic E-state index is 12.4. The predicted molar refractivity (Wildman–Crippen MR) is 87.9 cm³/mol. The molecule has 1 aromatic carbocycles. The van der Waals surface area contributed by atoms with Crippen LogP contribution in [0.15, 0.2) is 18.2 Å². The van der Waals surface area contributed by atoms with Crippen molar-refractivity contribution in [2.75, 3.05) is 5.32 Å². The van der Waals surface area contributed by atoms with Crippen LogP contribution in [0.4, 0.5) is 14.5 Å². The molecule has 130 valence electrons. The van der Waals surface area contributed by atoms with E-state index >= 15 is 0 Å². The Morgan fingerprint density at radius 3 is 2.50 bits per heavy atom. The van der Waals surface area contributed by atoms with Gasteiger partial charge in [-0.2, -0.15) is 13.9 Å². The van der Waals surface area contributed by atoms with Gasteiger partial charge in [-0.3, -0.25) is 9.48 Å². The molecular formula is C16H18ClF2N3O2. The van der Waals surface area contributed by atoms with E-state index in [1.54, 1.807) is 32.4 Å². The summed E-state index contributed by atoms with van der Waals surface area (Å²) in [7, 11) is 0. The number of aryl methyl sites for hydroxylation is 2. The number of rotatable bonds is 5. The topological polar surface area (TPSA) is 56.1 Å². The smallest absolute Gasteiger partial charge is 0.387 e. The fourth-order valence-corrected chi connectivity index (χ4v) is 2.45. The van der Waals surface area contributed by atoms with Crippen LogP contribution in [0.3, 0.4) is 0 Å². The van der Waals surface area contributed by atoms with Crippen LogP contribution in [-0.2, 0) is 4.79 Å². The number of carbonyl (C=O) groups excluding carboxylic acids is 1. The summed E-state index contributed by atoms with van der Waals surface area (Å²) in [6.45, 7) is 4.06. The van der Waals surface area contributed by atoms with Gasteiger partial charge in [-0.15, -0.1) is 0 Å². The Balaban J connectivity index is 2.15. The average molecular weight is 358 g/mol. The van der Waals surface area contributed by atoms with Crippen molar-refractivity contribution in [2.24, 2.45) is 0 Å². The molecule has 24 heavy (non-hydrogen) atoms. The Hall–Kier alpha value is -2.15. The molecule has 1 amide bonds. The number of ether oxygens (including phenoxy) is 1. The first-order valence-electron chi connectivity index (χ1n) is 7.28. The molecule has 0 bridgehead atoms. The maximum atomic E-state index is 12.4. The lowest BCUT2D eigenvalue weighted by Crippen LogP contribution is -2.25. The molecule has 5 nitrogen and oxygen atoms in total. The second-order valence-corrected chi connectivity index (χ2v) is 5.83. The third-order valence-electron chi connectivity index (χ3n) is 3.66. The number of amides is 1. The van der Waals surface area contributed by atoms with Crippen molar-refractivity contribution in [2.45, 2.75) is 40.3 Å². The molecule has 1 atom stereocenters. The monoisotopic (exact) mass is 357 g/mol. The molecule has 0 spiro atoms. The largest absolute Gasteiger partial charge is 0.435 e. The first-order valence-corrected chi connectivity index (χ1v) is 7.66. The normalized spacial score (nSPS) is 12.3. The number of alkyl halides is 2. The van der Waals surface area contributed by atoms with E-state index in [9.17, 15) is 13.6 Å². The van der Waals surface area contributed by atoms with Gasteiger partial charge in [-0.05, 0) is 51.5 Å². The third-order valence-corrected chi connectivity index (χ3v) is 4.21. The van der Waals surface area contributed by atoms with Crippen LogP contribution < -0.4 is 10.1 Å². The van der Waals surface area contributed by atoms with E-state index in [4.69, 9.17) is 11.6 Å². The zero-order valence-corrected chi connectivity index (χ0v) is 14.5. The molecule has 0 radical (unpaired) electrons. The van der Waals surface area contributed by atoms with Crippen molar-refractivity contribution in [3.8, 4) is 5.75 Å². The summed E-state index contributed by atoms with van der Waals surface area (Å²) in [6, 6.07) is 3.76. The number of benzene rings is 1. The van der Waals surface area contributed by atoms with Gasteiger partial charge >= 0.3 is 6.61 Å². The molecular weight excluding hydrogens is 340 g/mol. The Labute approximate surface area is 143 Å². The Morgan fingerprint density at radius 1 is 1.33 bits per heavy atom. The van der Waals surface area contributed by atoms with Crippen LogP contribution in [0.1, 0.15) is 29.9 Å². The fraction of sp³-hybridized carbons (Fsp3) is 0.375. The molecule has 1 N–H and O–H groups in total. The summed E-state index contributed by atoms with van der Waals surface area (Å²) in [5.41, 5.74) is 2.48. The van der Waals surface area contributed by atoms with E-state index < -0.39 is 12.7 Å². The van der Waals surface area contributed by atoms with Gasteiger partial charge in [-0.25, -0.2) is 0 Å². The summed E-state index contributed by atoms with van der Waals surface area (Å²) in [4.78, 5) is 12.4. The van der Waals surface area contributed by atoms with E-state index in [0.717, 1.165) is 0 Å². The van der Waals surface area contributed by atoms with Gasteiger partial charge in [0, 0.05) is 5.69 Å². The van der Waals surface area contributed by atoms with Crippen LogP contribution in [0.5, 0.6) is 5.75 Å². The highest BCUT2D eigenvalue weighted by Gasteiger charge is 2.21. The predicted octanol–water partition coefficient (Wildman–Crippen LogP) is 4.26. The minimum absolute atomic E-state index is 0.0406. The summed E-state index contributed by atoms with van der Waals surface area (Å²) in [6.07, 6.45) is 0. The van der Waals surface area contributed by atoms with E-state index in [-0.39, 0.29) is 11.7 Å². The molecule has 1 heterocycles. The third kappa shape index (κ3) is 3.84. The molecule has 0 aliphatic heterocycles. The van der Waals surface area contributed by atoms with Crippen LogP contribution in [0.25, 0.3) is 0 Å². The summed E-state index contributed by atoms with van der Waals surface area (Å²) in [5.74, 6) is -0.248. The number of carbonyl (C=O) groups is 1. The quantitative estimate of drug-likeness (QED) is 0.869. The fourth-order valence-electron chi connectivity index (χ4n) is 2.32. The zero-order chi connectivity index (χ0) is 18.0. The second kappa shape index (κ2) is 7.17. The number of nitrogens with zero attached hydrogens (tertiary/aromatic N) is 2. The standard InChI is InChI=1S/C16H18ClF2N3O2/c1-8-7-12(24-16(18)19)5-6-13(8)20-15(23)11(4)22-10(3)14(17)9(2)21-22/h5-7,11,16H,1-4H3,(H,20,23). The minimum atomic E-state index is -2.89. The number of hydrogen-bond donors (Lipinski definition) is 1. The minimum Gasteiger partial charge on any atom is -0.435 e. The highest BCUT2D eigenvalue weighted by Crippen LogP contribution is 2.25. The lowest BCUT2D eigenvalue weighted by atomic mass is 10.2. The Kier molecular flexibility index (Phi) is 5.43. The van der Waals surface area contributed by atoms with Crippen LogP contribution in [-0.4, -0.2) is 22.3 Å². The number of hydrogen-bond acceptors (Lipinski definition) is 3. The van der Waals surface area contributed by atoms with Crippen LogP contribution in [0.2, 0.25) is 5.02 Å². The molecule has 0 fully saturated rings. The molecule has 0 aliphatic rings. The highest BCUT2D eigenvalue weighted by atomic mass is 35.5. The van der Waals surface area contributed by atoms with Gasteiger partial charge in [0.15, 0.2) is 0 Å². The lowest BCUT2D eigenvalue weighted by Gasteiger charge is -2.16. The van der Waals surface area contributed by atoms with E-state index in [1.165, 1.54) is 18.2 Å². The number of anilines is 1. The number of aromatic nitrogens is 2. The number of halogens is 3. The Bertz CT molecular complexity index is 762. The number of nitrogens with one attached hydrogen (secondary N) is 1. The Morgan fingerprint density at radius 2 is 2.00 bits per heavy atom. The summed E-state index contributed by atoms with van der Waals surface area (Å²) >= 11 is 6.10. The summed E-state index contributed by atoms with van der Waals surface area (Å²) in [5, 5.41) is 7.55. The van der Waals surface area contributed by atoms with Crippen LogP contribution >= 0.6 is 11.6 Å². The molecule has 0 saturated carbocycles. The maximum Gasteiger partial charge on any atom is 0.387 e. The molecule has 1 aromatic heterocycles. The lowest BCUT2D eigenvalue weighted by molar-refractivity contribution is -0.119. The van der Waals surface area contributed by atoms with E-state index in [1.807, 2.05) is 0 Å². The first-order chi connectivity index (χ1) is 11.2. The van der Waals surface area contributed by atoms with Gasteiger partial charge in [0.25, 0.3) is 0 Å². The molecule has 0 aliphatic carbocycles. The van der Waals surface area contributed by atoms with Crippen molar-refractivity contribution < 1.29 is 18.3 Å². The summed E-state index contributed by atoms with van der Waals surface area (Å²) < 4.78 is 30.3. The van der Waals surface area contributed by atoms with Gasteiger partial charge in [0.2, 0.25) is 5.91 Å². The average Bonchev–Trinajstić information content (AvgIpc) is 2.76. The molecule has 8 heteroatoms. The van der Waals surface area contributed by atoms with Crippen LogP contribution in [0, 0.1) is 20.8 Å². The molecule has 1 unspecified atom stereocenters. The van der Waals surface area contributed by atoms with Crippen molar-refractivity contribution >= 4 is 23.2 Å². The van der Waals surface area contributed by atoms with Gasteiger partial charge < -0.3 is 10.1 Å². The first kappa shape index (κ1) is 18.2. The van der Waals surface area contributed by atoms with Crippen molar-refractivity contribution in [3.05, 3.63) is 40.2 Å². The van der Waals surface area contributed by atoms with Gasteiger partial charge in [0.05, 0.1) is 16.4 Å². The molecule has 2 rings (SSSR count). The van der Waals surface area contributed by atoms with Crippen molar-refractivity contribution in [1.29, 1.82) is 0 Å². The highest BCUT2D eigenvalue weighted by molar-refractivity contribution is 6.31. The van der Waals surface area contributed by atoms with Crippen molar-refractivity contribution in [1.82, 2.24) is 9.78 Å². The van der Waals surface area contributed by atoms with E-state index in [2.05, 4.69) is 15.2 Å². The van der Waals surface area contributed by atoms with E-state index in [0.29, 0.717) is 27.7 Å². The molecule has 0 saturated heterocycles. The van der Waals surface area contributed by atoms with Crippen molar-refractivity contribution in [3.63, 3.8) is 0 Å². The second-order valence-electron chi connectivity index (χ2n) is 5.45. The van der Waals surface area contributed by atoms with Gasteiger partial charge in [-0.1, -0.05) is 11.6 Å². The van der Waals surface area contributed by atoms with Gasteiger partial charge in [0.1, 0.15) is 11.8 Å².